The van der Waals surface area contributed by atoms with Crippen molar-refractivity contribution >= 4 is 40.7 Å². The minimum absolute atomic E-state index is 0.164. The molecule has 4 nitrogen and oxygen atoms in total. The number of amides is 1. The molecular formula is C34H40Cl3N3O. The third-order valence-corrected chi connectivity index (χ3v) is 10.7. The second-order valence-corrected chi connectivity index (χ2v) is 14.3. The maximum Gasteiger partial charge on any atom is 0.272 e. The molecule has 0 aliphatic heterocycles. The smallest absolute Gasteiger partial charge is 0.272 e. The zero-order chi connectivity index (χ0) is 28.6. The normalized spacial score (nSPS) is 24.6. The number of unbranched alkanes of at least 4 members (excludes halogenated alkanes) is 4. The number of nitrogens with zero attached hydrogens (tertiary/aromatic N) is 2. The van der Waals surface area contributed by atoms with Crippen LogP contribution in [0.4, 0.5) is 0 Å². The molecule has 1 aromatic heterocycles. The van der Waals surface area contributed by atoms with Crippen molar-refractivity contribution in [2.75, 3.05) is 6.54 Å². The van der Waals surface area contributed by atoms with Crippen molar-refractivity contribution in [1.29, 1.82) is 0 Å². The molecule has 4 saturated carbocycles. The molecule has 1 heterocycles. The van der Waals surface area contributed by atoms with E-state index in [1.54, 1.807) is 16.8 Å². The lowest BCUT2D eigenvalue weighted by molar-refractivity contribution is -0.0583. The minimum Gasteiger partial charge on any atom is -0.351 e. The minimum atomic E-state index is -0.164. The average Bonchev–Trinajstić information content (AvgIpc) is 3.26. The van der Waals surface area contributed by atoms with Crippen LogP contribution in [-0.2, 0) is 0 Å². The molecule has 4 fully saturated rings. The van der Waals surface area contributed by atoms with Gasteiger partial charge in [-0.05, 0) is 112 Å². The summed E-state index contributed by atoms with van der Waals surface area (Å²) < 4.78 is 1.73. The van der Waals surface area contributed by atoms with E-state index in [0.717, 1.165) is 47.4 Å². The molecule has 0 unspecified atom stereocenters. The van der Waals surface area contributed by atoms with Crippen LogP contribution in [0, 0.1) is 30.1 Å². The van der Waals surface area contributed by atoms with Crippen LogP contribution in [0.5, 0.6) is 0 Å². The molecule has 7 rings (SSSR count). The number of carbonyl (C=O) groups excluding carboxylic acids is 1. The summed E-state index contributed by atoms with van der Waals surface area (Å²) in [5, 5.41) is 9.49. The van der Waals surface area contributed by atoms with Crippen LogP contribution < -0.4 is 5.32 Å². The summed E-state index contributed by atoms with van der Waals surface area (Å²) >= 11 is 18.8. The molecule has 7 heteroatoms. The summed E-state index contributed by atoms with van der Waals surface area (Å²) in [4.78, 5) is 13.3. The molecule has 41 heavy (non-hydrogen) atoms. The Morgan fingerprint density at radius 3 is 2.15 bits per heavy atom. The predicted molar refractivity (Wildman–Crippen MR) is 169 cm³/mol. The molecule has 0 radical (unpaired) electrons. The number of hydrogen-bond donors (Lipinski definition) is 1. The zero-order valence-electron chi connectivity index (χ0n) is 23.9. The van der Waals surface area contributed by atoms with Gasteiger partial charge in [0.1, 0.15) is 0 Å². The second-order valence-electron chi connectivity index (χ2n) is 13.0. The van der Waals surface area contributed by atoms with E-state index in [0.29, 0.717) is 38.4 Å². The van der Waals surface area contributed by atoms with Crippen molar-refractivity contribution in [2.24, 2.45) is 23.2 Å². The van der Waals surface area contributed by atoms with Gasteiger partial charge in [-0.1, -0.05) is 72.6 Å². The molecular weight excluding hydrogens is 573 g/mol. The molecule has 3 aromatic rings. The highest BCUT2D eigenvalue weighted by Crippen LogP contribution is 2.61. The number of rotatable bonds is 11. The van der Waals surface area contributed by atoms with Gasteiger partial charge in [0.05, 0.1) is 16.4 Å². The maximum atomic E-state index is 13.3. The van der Waals surface area contributed by atoms with E-state index in [9.17, 15) is 4.79 Å². The summed E-state index contributed by atoms with van der Waals surface area (Å²) in [6, 6.07) is 12.8. The van der Waals surface area contributed by atoms with Crippen LogP contribution >= 0.6 is 34.8 Å². The van der Waals surface area contributed by atoms with E-state index in [1.807, 2.05) is 37.3 Å². The van der Waals surface area contributed by atoms with Gasteiger partial charge in [-0.3, -0.25) is 4.79 Å². The molecule has 4 bridgehead atoms. The largest absolute Gasteiger partial charge is 0.351 e. The number of hydrogen-bond acceptors (Lipinski definition) is 2. The van der Waals surface area contributed by atoms with Gasteiger partial charge in [-0.2, -0.15) is 5.10 Å². The molecule has 1 N–H and O–H groups in total. The molecule has 0 spiro atoms. The van der Waals surface area contributed by atoms with E-state index in [4.69, 9.17) is 39.9 Å². The number of carbonyl (C=O) groups is 1. The van der Waals surface area contributed by atoms with Crippen molar-refractivity contribution in [3.63, 3.8) is 0 Å². The summed E-state index contributed by atoms with van der Waals surface area (Å²) in [5.41, 5.74) is 4.26. The Morgan fingerprint density at radius 2 is 1.49 bits per heavy atom. The summed E-state index contributed by atoms with van der Waals surface area (Å²) in [7, 11) is 0. The SMILES string of the molecule is Cc1c(C(=O)NCCCCCCCC23CC4CC(CC(C4)C2)C3)nn(-c2ccc(Cl)cc2Cl)c1-c1ccc(Cl)cc1. The van der Waals surface area contributed by atoms with E-state index in [2.05, 4.69) is 5.32 Å². The quantitative estimate of drug-likeness (QED) is 0.219. The molecule has 1 amide bonds. The lowest BCUT2D eigenvalue weighted by Gasteiger charge is -2.57. The lowest BCUT2D eigenvalue weighted by atomic mass is 9.48. The average molecular weight is 613 g/mol. The highest BCUT2D eigenvalue weighted by molar-refractivity contribution is 6.35. The fraction of sp³-hybridized carbons (Fsp3) is 0.529. The lowest BCUT2D eigenvalue weighted by Crippen LogP contribution is -2.45. The Kier molecular flexibility index (Phi) is 8.73. The first-order chi connectivity index (χ1) is 19.8. The van der Waals surface area contributed by atoms with Crippen LogP contribution in [0.3, 0.4) is 0 Å². The fourth-order valence-electron chi connectivity index (χ4n) is 8.52. The van der Waals surface area contributed by atoms with E-state index in [1.165, 1.54) is 64.2 Å². The van der Waals surface area contributed by atoms with Gasteiger partial charge in [-0.25, -0.2) is 4.68 Å². The number of halogens is 3. The first kappa shape index (κ1) is 29.1. The van der Waals surface area contributed by atoms with Gasteiger partial charge < -0.3 is 5.32 Å². The fourth-order valence-corrected chi connectivity index (χ4v) is 9.14. The number of nitrogens with one attached hydrogen (secondary N) is 1. The van der Waals surface area contributed by atoms with Crippen molar-refractivity contribution in [3.8, 4) is 16.9 Å². The van der Waals surface area contributed by atoms with Crippen molar-refractivity contribution in [1.82, 2.24) is 15.1 Å². The maximum absolute atomic E-state index is 13.3. The number of aromatic nitrogens is 2. The monoisotopic (exact) mass is 611 g/mol. The molecule has 218 valence electrons. The molecule has 2 aromatic carbocycles. The Labute approximate surface area is 259 Å². The van der Waals surface area contributed by atoms with Crippen LogP contribution in [-0.4, -0.2) is 22.2 Å². The first-order valence-corrected chi connectivity index (χ1v) is 16.5. The van der Waals surface area contributed by atoms with Gasteiger partial charge >= 0.3 is 0 Å². The van der Waals surface area contributed by atoms with Crippen molar-refractivity contribution < 1.29 is 4.79 Å². The van der Waals surface area contributed by atoms with E-state index in [-0.39, 0.29) is 5.91 Å². The van der Waals surface area contributed by atoms with Gasteiger partial charge in [0.2, 0.25) is 0 Å². The zero-order valence-corrected chi connectivity index (χ0v) is 26.2. The Hall–Kier alpha value is -2.01. The van der Waals surface area contributed by atoms with E-state index >= 15 is 0 Å². The summed E-state index contributed by atoms with van der Waals surface area (Å²) in [6.45, 7) is 2.58. The predicted octanol–water partition coefficient (Wildman–Crippen LogP) is 10.1. The van der Waals surface area contributed by atoms with Crippen LogP contribution in [0.25, 0.3) is 16.9 Å². The van der Waals surface area contributed by atoms with Crippen LogP contribution in [0.2, 0.25) is 15.1 Å². The summed E-state index contributed by atoms with van der Waals surface area (Å²) in [5.74, 6) is 2.98. The molecule has 0 saturated heterocycles. The number of benzene rings is 2. The third kappa shape index (κ3) is 6.36. The molecule has 4 aliphatic rings. The highest BCUT2D eigenvalue weighted by Gasteiger charge is 2.50. The standard InChI is InChI=1S/C34H40Cl3N3O/c1-22-31(39-40(30-12-11-28(36)18-29(30)37)32(22)26-7-9-27(35)10-8-26)33(41)38-14-6-4-2-3-5-13-34-19-23-15-24(20-34)17-25(16-23)21-34/h7-12,18,23-25H,2-6,13-17,19-21H2,1H3,(H,38,41). The van der Waals surface area contributed by atoms with Crippen LogP contribution in [0.15, 0.2) is 42.5 Å². The highest BCUT2D eigenvalue weighted by atomic mass is 35.5. The van der Waals surface area contributed by atoms with Gasteiger partial charge in [-0.15, -0.1) is 0 Å². The Morgan fingerprint density at radius 1 is 0.878 bits per heavy atom. The van der Waals surface area contributed by atoms with Gasteiger partial charge in [0.25, 0.3) is 5.91 Å². The Bertz CT molecular complexity index is 1360. The van der Waals surface area contributed by atoms with E-state index < -0.39 is 0 Å². The van der Waals surface area contributed by atoms with Crippen LogP contribution in [0.1, 0.15) is 93.1 Å². The topological polar surface area (TPSA) is 46.9 Å². The Balaban J connectivity index is 1.03. The van der Waals surface area contributed by atoms with Gasteiger partial charge in [0, 0.05) is 27.7 Å². The van der Waals surface area contributed by atoms with Gasteiger partial charge in [0.15, 0.2) is 5.69 Å². The summed E-state index contributed by atoms with van der Waals surface area (Å²) in [6.07, 6.45) is 16.6. The first-order valence-electron chi connectivity index (χ1n) is 15.4. The third-order valence-electron chi connectivity index (χ3n) is 9.93. The second kappa shape index (κ2) is 12.3. The van der Waals surface area contributed by atoms with Crippen molar-refractivity contribution in [3.05, 3.63) is 68.8 Å². The van der Waals surface area contributed by atoms with Crippen molar-refractivity contribution in [2.45, 2.75) is 84.0 Å². The molecule has 4 aliphatic carbocycles. The molecule has 0 atom stereocenters.